The van der Waals surface area contributed by atoms with Crippen LogP contribution in [0.5, 0.6) is 5.75 Å². The molecule has 2 atom stereocenters. The molecule has 1 aromatic rings. The normalized spacial score (nSPS) is 20.3. The number of benzene rings is 1. The van der Waals surface area contributed by atoms with Gasteiger partial charge in [-0.15, -0.1) is 0 Å². The summed E-state index contributed by atoms with van der Waals surface area (Å²) in [7, 11) is 1.68. The summed E-state index contributed by atoms with van der Waals surface area (Å²) in [6.07, 6.45) is 1.06. The van der Waals surface area contributed by atoms with Gasteiger partial charge < -0.3 is 10.1 Å². The summed E-state index contributed by atoms with van der Waals surface area (Å²) in [5.41, 5.74) is 2.31. The van der Waals surface area contributed by atoms with Crippen LogP contribution in [0.1, 0.15) is 43.2 Å². The smallest absolute Gasteiger partial charge is 0.123 e. The highest BCUT2D eigenvalue weighted by molar-refractivity contribution is 5.43. The van der Waals surface area contributed by atoms with Crippen molar-refractivity contribution >= 4 is 0 Å². The molecular formula is C16H22N2O. The topological polar surface area (TPSA) is 45.0 Å². The number of ether oxygens (including phenoxy) is 1. The molecule has 0 amide bonds. The van der Waals surface area contributed by atoms with E-state index in [0.717, 1.165) is 30.8 Å². The fourth-order valence-electron chi connectivity index (χ4n) is 2.75. The molecule has 0 saturated carbocycles. The lowest BCUT2D eigenvalue weighted by Gasteiger charge is -2.20. The van der Waals surface area contributed by atoms with Gasteiger partial charge in [-0.05, 0) is 43.0 Å². The molecule has 1 saturated heterocycles. The van der Waals surface area contributed by atoms with Gasteiger partial charge in [0.1, 0.15) is 5.75 Å². The highest BCUT2D eigenvalue weighted by Gasteiger charge is 2.28. The quantitative estimate of drug-likeness (QED) is 0.903. The molecule has 0 bridgehead atoms. The predicted molar refractivity (Wildman–Crippen MR) is 76.4 cm³/mol. The van der Waals surface area contributed by atoms with Gasteiger partial charge in [0.25, 0.3) is 0 Å². The summed E-state index contributed by atoms with van der Waals surface area (Å²) >= 11 is 0. The number of hydrogen-bond acceptors (Lipinski definition) is 3. The first-order valence-corrected chi connectivity index (χ1v) is 6.95. The van der Waals surface area contributed by atoms with E-state index in [0.29, 0.717) is 11.8 Å². The molecule has 0 radical (unpaired) electrons. The van der Waals surface area contributed by atoms with Crippen LogP contribution in [0, 0.1) is 17.2 Å². The van der Waals surface area contributed by atoms with Crippen LogP contribution >= 0.6 is 0 Å². The Morgan fingerprint density at radius 2 is 2.21 bits per heavy atom. The number of nitriles is 1. The number of hydrogen-bond donors (Lipinski definition) is 1. The average Bonchev–Trinajstić information content (AvgIpc) is 2.93. The highest BCUT2D eigenvalue weighted by atomic mass is 16.5. The van der Waals surface area contributed by atoms with Gasteiger partial charge in [-0.2, -0.15) is 5.26 Å². The molecule has 2 rings (SSSR count). The zero-order chi connectivity index (χ0) is 13.8. The molecule has 2 unspecified atom stereocenters. The SMILES string of the molecule is COc1ccc(C(C)C)cc1C(C#N)C1CCNC1. The molecule has 19 heavy (non-hydrogen) atoms. The third kappa shape index (κ3) is 2.90. The van der Waals surface area contributed by atoms with Crippen molar-refractivity contribution in [3.8, 4) is 11.8 Å². The van der Waals surface area contributed by atoms with E-state index in [2.05, 4.69) is 37.4 Å². The Kier molecular flexibility index (Phi) is 4.44. The molecule has 1 heterocycles. The van der Waals surface area contributed by atoms with Crippen molar-refractivity contribution in [1.29, 1.82) is 5.26 Å². The van der Waals surface area contributed by atoms with Gasteiger partial charge in [0.15, 0.2) is 0 Å². The van der Waals surface area contributed by atoms with E-state index in [-0.39, 0.29) is 5.92 Å². The van der Waals surface area contributed by atoms with Crippen LogP contribution in [0.4, 0.5) is 0 Å². The molecule has 1 aromatic carbocycles. The molecule has 102 valence electrons. The Labute approximate surface area is 115 Å². The van der Waals surface area contributed by atoms with E-state index in [9.17, 15) is 5.26 Å². The fourth-order valence-corrected chi connectivity index (χ4v) is 2.75. The largest absolute Gasteiger partial charge is 0.496 e. The molecule has 0 aromatic heterocycles. The molecule has 3 heteroatoms. The molecule has 1 aliphatic rings. The zero-order valence-corrected chi connectivity index (χ0v) is 11.9. The van der Waals surface area contributed by atoms with E-state index < -0.39 is 0 Å². The number of methoxy groups -OCH3 is 1. The van der Waals surface area contributed by atoms with E-state index in [1.54, 1.807) is 7.11 Å². The molecular weight excluding hydrogens is 236 g/mol. The third-order valence-corrected chi connectivity index (χ3v) is 3.96. The van der Waals surface area contributed by atoms with Crippen molar-refractivity contribution in [2.24, 2.45) is 5.92 Å². The lowest BCUT2D eigenvalue weighted by Crippen LogP contribution is -2.16. The van der Waals surface area contributed by atoms with Crippen LogP contribution in [0.3, 0.4) is 0 Å². The first-order chi connectivity index (χ1) is 9.17. The van der Waals surface area contributed by atoms with Gasteiger partial charge in [0.2, 0.25) is 0 Å². The van der Waals surface area contributed by atoms with E-state index >= 15 is 0 Å². The van der Waals surface area contributed by atoms with Crippen LogP contribution in [-0.2, 0) is 0 Å². The molecule has 1 fully saturated rings. The van der Waals surface area contributed by atoms with E-state index in [1.165, 1.54) is 5.56 Å². The summed E-state index contributed by atoms with van der Waals surface area (Å²) in [5, 5.41) is 12.9. The minimum atomic E-state index is -0.0800. The zero-order valence-electron chi connectivity index (χ0n) is 11.9. The van der Waals surface area contributed by atoms with Gasteiger partial charge in [-0.1, -0.05) is 26.0 Å². The van der Waals surface area contributed by atoms with Crippen LogP contribution in [0.15, 0.2) is 18.2 Å². The molecule has 0 spiro atoms. The predicted octanol–water partition coefficient (Wildman–Crippen LogP) is 3.04. The average molecular weight is 258 g/mol. The maximum atomic E-state index is 9.56. The Balaban J connectivity index is 2.39. The highest BCUT2D eigenvalue weighted by Crippen LogP contribution is 2.36. The Hall–Kier alpha value is -1.53. The van der Waals surface area contributed by atoms with Crippen molar-refractivity contribution in [3.05, 3.63) is 29.3 Å². The van der Waals surface area contributed by atoms with Gasteiger partial charge >= 0.3 is 0 Å². The van der Waals surface area contributed by atoms with Crippen molar-refractivity contribution in [3.63, 3.8) is 0 Å². The monoisotopic (exact) mass is 258 g/mol. The first-order valence-electron chi connectivity index (χ1n) is 6.95. The number of rotatable bonds is 4. The van der Waals surface area contributed by atoms with Crippen molar-refractivity contribution in [2.45, 2.75) is 32.1 Å². The van der Waals surface area contributed by atoms with Gasteiger partial charge in [0, 0.05) is 5.56 Å². The molecule has 3 nitrogen and oxygen atoms in total. The van der Waals surface area contributed by atoms with Gasteiger partial charge in [-0.25, -0.2) is 0 Å². The lowest BCUT2D eigenvalue weighted by atomic mass is 9.84. The molecule has 1 aliphatic heterocycles. The summed E-state index contributed by atoms with van der Waals surface area (Å²) in [4.78, 5) is 0. The second-order valence-corrected chi connectivity index (χ2v) is 5.52. The first kappa shape index (κ1) is 13.9. The van der Waals surface area contributed by atoms with Crippen LogP contribution in [0.2, 0.25) is 0 Å². The minimum Gasteiger partial charge on any atom is -0.496 e. The fraction of sp³-hybridized carbons (Fsp3) is 0.562. The summed E-state index contributed by atoms with van der Waals surface area (Å²) in [6.45, 7) is 6.27. The van der Waals surface area contributed by atoms with Crippen LogP contribution < -0.4 is 10.1 Å². The second kappa shape index (κ2) is 6.08. The third-order valence-electron chi connectivity index (χ3n) is 3.96. The maximum absolute atomic E-state index is 9.56. The Morgan fingerprint density at radius 3 is 2.74 bits per heavy atom. The van der Waals surface area contributed by atoms with Crippen LogP contribution in [-0.4, -0.2) is 20.2 Å². The minimum absolute atomic E-state index is 0.0800. The Bertz CT molecular complexity index is 470. The summed E-state index contributed by atoms with van der Waals surface area (Å²) < 4.78 is 5.45. The van der Waals surface area contributed by atoms with Crippen LogP contribution in [0.25, 0.3) is 0 Å². The van der Waals surface area contributed by atoms with E-state index in [1.807, 2.05) is 6.07 Å². The van der Waals surface area contributed by atoms with Crippen molar-refractivity contribution in [1.82, 2.24) is 5.32 Å². The Morgan fingerprint density at radius 1 is 1.42 bits per heavy atom. The van der Waals surface area contributed by atoms with Crippen molar-refractivity contribution < 1.29 is 4.74 Å². The summed E-state index contributed by atoms with van der Waals surface area (Å²) in [5.74, 6) is 1.61. The van der Waals surface area contributed by atoms with Gasteiger partial charge in [-0.3, -0.25) is 0 Å². The number of nitrogens with one attached hydrogen (secondary N) is 1. The maximum Gasteiger partial charge on any atom is 0.123 e. The van der Waals surface area contributed by atoms with Crippen molar-refractivity contribution in [2.75, 3.05) is 20.2 Å². The molecule has 0 aliphatic carbocycles. The lowest BCUT2D eigenvalue weighted by molar-refractivity contribution is 0.400. The standard InChI is InChI=1S/C16H22N2O/c1-11(2)12-4-5-16(19-3)14(8-12)15(9-17)13-6-7-18-10-13/h4-5,8,11,13,15,18H,6-7,10H2,1-3H3. The van der Waals surface area contributed by atoms with E-state index in [4.69, 9.17) is 4.74 Å². The van der Waals surface area contributed by atoms with Gasteiger partial charge in [0.05, 0.1) is 19.1 Å². The number of nitrogens with zero attached hydrogens (tertiary/aromatic N) is 1. The second-order valence-electron chi connectivity index (χ2n) is 5.52. The summed E-state index contributed by atoms with van der Waals surface area (Å²) in [6, 6.07) is 8.72. The molecule has 1 N–H and O–H groups in total.